The normalized spacial score (nSPS) is 14.3. The number of hydrogen-bond donors (Lipinski definition) is 1. The Kier molecular flexibility index (Phi) is 4.96. The van der Waals surface area contributed by atoms with Crippen molar-refractivity contribution in [3.8, 4) is 0 Å². The van der Waals surface area contributed by atoms with Gasteiger partial charge in [-0.3, -0.25) is 0 Å². The van der Waals surface area contributed by atoms with Crippen LogP contribution in [0.5, 0.6) is 0 Å². The SMILES string of the molecule is CSC(=CC(C)(O)c1ccc(C)cc1)SC. The van der Waals surface area contributed by atoms with Gasteiger partial charge in [0, 0.05) is 4.24 Å². The van der Waals surface area contributed by atoms with Gasteiger partial charge in [-0.2, -0.15) is 0 Å². The number of aryl methyl sites for hydroxylation is 1. The molecular formula is C13H18OS2. The van der Waals surface area contributed by atoms with Crippen molar-refractivity contribution < 1.29 is 5.11 Å². The van der Waals surface area contributed by atoms with Crippen LogP contribution in [-0.4, -0.2) is 17.6 Å². The molecule has 1 unspecified atom stereocenters. The van der Waals surface area contributed by atoms with Crippen molar-refractivity contribution >= 4 is 23.5 Å². The Morgan fingerprint density at radius 1 is 1.19 bits per heavy atom. The number of hydrogen-bond acceptors (Lipinski definition) is 3. The quantitative estimate of drug-likeness (QED) is 0.883. The van der Waals surface area contributed by atoms with E-state index in [2.05, 4.69) is 0 Å². The molecule has 0 saturated carbocycles. The molecule has 0 aromatic heterocycles. The highest BCUT2D eigenvalue weighted by Gasteiger charge is 2.20. The Morgan fingerprint density at radius 3 is 2.12 bits per heavy atom. The van der Waals surface area contributed by atoms with Crippen LogP contribution in [0.2, 0.25) is 0 Å². The van der Waals surface area contributed by atoms with Crippen molar-refractivity contribution in [3.63, 3.8) is 0 Å². The maximum absolute atomic E-state index is 10.4. The largest absolute Gasteiger partial charge is 0.381 e. The molecule has 0 bridgehead atoms. The molecule has 0 radical (unpaired) electrons. The summed E-state index contributed by atoms with van der Waals surface area (Å²) in [7, 11) is 0. The lowest BCUT2D eigenvalue weighted by molar-refractivity contribution is 0.111. The summed E-state index contributed by atoms with van der Waals surface area (Å²) < 4.78 is 1.13. The lowest BCUT2D eigenvalue weighted by atomic mass is 9.95. The molecule has 1 atom stereocenters. The Bertz CT molecular complexity index is 360. The Morgan fingerprint density at radius 2 is 1.69 bits per heavy atom. The maximum Gasteiger partial charge on any atom is 0.107 e. The zero-order chi connectivity index (χ0) is 12.2. The van der Waals surface area contributed by atoms with Gasteiger partial charge in [0.15, 0.2) is 0 Å². The van der Waals surface area contributed by atoms with Crippen molar-refractivity contribution in [2.75, 3.05) is 12.5 Å². The predicted molar refractivity (Wildman–Crippen MR) is 75.9 cm³/mol. The van der Waals surface area contributed by atoms with Crippen molar-refractivity contribution in [1.82, 2.24) is 0 Å². The zero-order valence-corrected chi connectivity index (χ0v) is 11.8. The van der Waals surface area contributed by atoms with Crippen LogP contribution in [0.15, 0.2) is 34.6 Å². The van der Waals surface area contributed by atoms with Crippen molar-refractivity contribution in [2.45, 2.75) is 19.4 Å². The fourth-order valence-electron chi connectivity index (χ4n) is 1.40. The summed E-state index contributed by atoms with van der Waals surface area (Å²) in [5, 5.41) is 10.4. The van der Waals surface area contributed by atoms with Gasteiger partial charge in [-0.1, -0.05) is 29.8 Å². The molecule has 1 aromatic rings. The second-order valence-electron chi connectivity index (χ2n) is 3.89. The summed E-state index contributed by atoms with van der Waals surface area (Å²) in [5.41, 5.74) is 1.24. The number of benzene rings is 1. The van der Waals surface area contributed by atoms with Crippen LogP contribution in [0.4, 0.5) is 0 Å². The fraction of sp³-hybridized carbons (Fsp3) is 0.385. The van der Waals surface area contributed by atoms with Crippen LogP contribution in [0, 0.1) is 6.92 Å². The third kappa shape index (κ3) is 3.58. The van der Waals surface area contributed by atoms with Crippen LogP contribution in [0.1, 0.15) is 18.1 Å². The molecule has 0 amide bonds. The van der Waals surface area contributed by atoms with E-state index in [1.807, 2.05) is 56.7 Å². The van der Waals surface area contributed by atoms with E-state index in [0.717, 1.165) is 9.80 Å². The monoisotopic (exact) mass is 254 g/mol. The van der Waals surface area contributed by atoms with Gasteiger partial charge >= 0.3 is 0 Å². The van der Waals surface area contributed by atoms with Gasteiger partial charge < -0.3 is 5.11 Å². The first kappa shape index (κ1) is 13.7. The average Bonchev–Trinajstić information content (AvgIpc) is 2.26. The minimum absolute atomic E-state index is 0.894. The van der Waals surface area contributed by atoms with Crippen molar-refractivity contribution in [3.05, 3.63) is 45.7 Å². The number of rotatable bonds is 4. The first-order valence-corrected chi connectivity index (χ1v) is 7.55. The molecule has 0 aliphatic heterocycles. The third-order valence-corrected chi connectivity index (χ3v) is 4.48. The van der Waals surface area contributed by atoms with E-state index < -0.39 is 5.60 Å². The van der Waals surface area contributed by atoms with Crippen LogP contribution in [-0.2, 0) is 5.60 Å². The fourth-order valence-corrected chi connectivity index (χ4v) is 2.77. The molecule has 0 fully saturated rings. The van der Waals surface area contributed by atoms with Gasteiger partial charge in [0.05, 0.1) is 0 Å². The molecule has 1 nitrogen and oxygen atoms in total. The second kappa shape index (κ2) is 5.80. The molecule has 1 aromatic carbocycles. The summed E-state index contributed by atoms with van der Waals surface area (Å²) >= 11 is 3.32. The highest BCUT2D eigenvalue weighted by atomic mass is 32.2. The lowest BCUT2D eigenvalue weighted by Gasteiger charge is -2.21. The molecule has 0 spiro atoms. The maximum atomic E-state index is 10.4. The molecule has 88 valence electrons. The van der Waals surface area contributed by atoms with E-state index in [9.17, 15) is 5.11 Å². The highest BCUT2D eigenvalue weighted by Crippen LogP contribution is 2.31. The Hall–Kier alpha value is -0.380. The third-order valence-electron chi connectivity index (χ3n) is 2.44. The van der Waals surface area contributed by atoms with E-state index in [1.165, 1.54) is 5.56 Å². The number of aliphatic hydroxyl groups is 1. The van der Waals surface area contributed by atoms with Gasteiger partial charge in [0.1, 0.15) is 5.60 Å². The van der Waals surface area contributed by atoms with E-state index in [1.54, 1.807) is 23.5 Å². The first-order chi connectivity index (χ1) is 7.49. The Labute approximate surface area is 106 Å². The van der Waals surface area contributed by atoms with E-state index in [4.69, 9.17) is 0 Å². The van der Waals surface area contributed by atoms with Crippen LogP contribution in [0.3, 0.4) is 0 Å². The average molecular weight is 254 g/mol. The van der Waals surface area contributed by atoms with Gasteiger partial charge in [0.25, 0.3) is 0 Å². The smallest absolute Gasteiger partial charge is 0.107 e. The zero-order valence-electron chi connectivity index (χ0n) is 10.2. The summed E-state index contributed by atoms with van der Waals surface area (Å²) in [6, 6.07) is 8.00. The molecule has 1 rings (SSSR count). The number of thioether (sulfide) groups is 2. The lowest BCUT2D eigenvalue weighted by Crippen LogP contribution is -2.18. The molecule has 0 aliphatic carbocycles. The molecule has 3 heteroatoms. The van der Waals surface area contributed by atoms with Gasteiger partial charge in [-0.05, 0) is 38.0 Å². The van der Waals surface area contributed by atoms with E-state index in [-0.39, 0.29) is 0 Å². The summed E-state index contributed by atoms with van der Waals surface area (Å²) in [6.45, 7) is 3.87. The van der Waals surface area contributed by atoms with Crippen molar-refractivity contribution in [2.24, 2.45) is 0 Å². The van der Waals surface area contributed by atoms with Crippen molar-refractivity contribution in [1.29, 1.82) is 0 Å². The first-order valence-electron chi connectivity index (χ1n) is 5.10. The summed E-state index contributed by atoms with van der Waals surface area (Å²) in [5.74, 6) is 0. The second-order valence-corrected chi connectivity index (χ2v) is 5.84. The predicted octanol–water partition coefficient (Wildman–Crippen LogP) is 3.77. The summed E-state index contributed by atoms with van der Waals surface area (Å²) in [4.78, 5) is 0. The highest BCUT2D eigenvalue weighted by molar-refractivity contribution is 8.21. The minimum atomic E-state index is -0.894. The topological polar surface area (TPSA) is 20.2 Å². The van der Waals surface area contributed by atoms with Crippen LogP contribution in [0.25, 0.3) is 0 Å². The molecule has 0 saturated heterocycles. The standard InChI is InChI=1S/C13H18OS2/c1-10-5-7-11(8-6-10)13(2,14)9-12(15-3)16-4/h5-9,14H,1-4H3. The van der Waals surface area contributed by atoms with E-state index >= 15 is 0 Å². The van der Waals surface area contributed by atoms with Gasteiger partial charge in [0.2, 0.25) is 0 Å². The molecule has 0 heterocycles. The Balaban J connectivity index is 3.01. The van der Waals surface area contributed by atoms with Crippen LogP contribution >= 0.6 is 23.5 Å². The van der Waals surface area contributed by atoms with Crippen LogP contribution < -0.4 is 0 Å². The molecule has 1 N–H and O–H groups in total. The van der Waals surface area contributed by atoms with Gasteiger partial charge in [-0.25, -0.2) is 0 Å². The summed E-state index contributed by atoms with van der Waals surface area (Å²) in [6.07, 6.45) is 5.95. The molecular weight excluding hydrogens is 236 g/mol. The molecule has 0 aliphatic rings. The minimum Gasteiger partial charge on any atom is -0.381 e. The van der Waals surface area contributed by atoms with Gasteiger partial charge in [-0.15, -0.1) is 23.5 Å². The van der Waals surface area contributed by atoms with E-state index in [0.29, 0.717) is 0 Å². The molecule has 16 heavy (non-hydrogen) atoms.